The van der Waals surface area contributed by atoms with Crippen LogP contribution in [0.2, 0.25) is 0 Å². The minimum atomic E-state index is -0.142. The third kappa shape index (κ3) is 3.57. The largest absolute Gasteiger partial charge is 0.469 e. The fraction of sp³-hybridized carbons (Fsp3) is 0.900. The highest BCUT2D eigenvalue weighted by Gasteiger charge is 2.39. The van der Waals surface area contributed by atoms with Gasteiger partial charge in [-0.2, -0.15) is 0 Å². The Morgan fingerprint density at radius 3 is 2.87 bits per heavy atom. The Bertz CT molecular complexity index is 223. The number of ether oxygens (including phenoxy) is 1. The Kier molecular flexibility index (Phi) is 5.29. The van der Waals surface area contributed by atoms with Crippen LogP contribution in [0.1, 0.15) is 26.2 Å². The molecule has 0 aromatic heterocycles. The molecule has 0 saturated carbocycles. The Morgan fingerprint density at radius 1 is 1.67 bits per heavy atom. The standard InChI is InChI=1S/C10H18O3S2/c1-3-10(5-4-9(12)13-2)14-7-8(6-11)15-10/h8,11H,3-7H2,1-2H3. The summed E-state index contributed by atoms with van der Waals surface area (Å²) in [6.07, 6.45) is 2.33. The van der Waals surface area contributed by atoms with Gasteiger partial charge in [0.2, 0.25) is 0 Å². The van der Waals surface area contributed by atoms with Gasteiger partial charge < -0.3 is 9.84 Å². The zero-order valence-electron chi connectivity index (χ0n) is 9.19. The lowest BCUT2D eigenvalue weighted by Gasteiger charge is -2.25. The number of aliphatic hydroxyl groups is 1. The van der Waals surface area contributed by atoms with Gasteiger partial charge in [0.15, 0.2) is 0 Å². The van der Waals surface area contributed by atoms with Crippen LogP contribution in [0.5, 0.6) is 0 Å². The predicted molar refractivity (Wildman–Crippen MR) is 65.2 cm³/mol. The van der Waals surface area contributed by atoms with E-state index < -0.39 is 0 Å². The lowest BCUT2D eigenvalue weighted by Crippen LogP contribution is -2.19. The Hall–Kier alpha value is 0.130. The van der Waals surface area contributed by atoms with E-state index in [1.54, 1.807) is 0 Å². The smallest absolute Gasteiger partial charge is 0.305 e. The molecular weight excluding hydrogens is 232 g/mol. The van der Waals surface area contributed by atoms with E-state index in [2.05, 4.69) is 11.7 Å². The van der Waals surface area contributed by atoms with Crippen LogP contribution in [0.4, 0.5) is 0 Å². The fourth-order valence-corrected chi connectivity index (χ4v) is 5.07. The van der Waals surface area contributed by atoms with Crippen molar-refractivity contribution in [3.05, 3.63) is 0 Å². The lowest BCUT2D eigenvalue weighted by molar-refractivity contribution is -0.140. The number of hydrogen-bond donors (Lipinski definition) is 1. The van der Waals surface area contributed by atoms with Crippen molar-refractivity contribution in [2.24, 2.45) is 0 Å². The van der Waals surface area contributed by atoms with Gasteiger partial charge >= 0.3 is 5.97 Å². The second kappa shape index (κ2) is 6.01. The molecular formula is C10H18O3S2. The molecule has 88 valence electrons. The Balaban J connectivity index is 2.44. The van der Waals surface area contributed by atoms with E-state index >= 15 is 0 Å². The highest BCUT2D eigenvalue weighted by Crippen LogP contribution is 2.52. The molecule has 1 saturated heterocycles. The van der Waals surface area contributed by atoms with Crippen LogP contribution in [-0.4, -0.2) is 39.9 Å². The summed E-state index contributed by atoms with van der Waals surface area (Å²) in [5.74, 6) is 0.840. The molecule has 1 aliphatic heterocycles. The van der Waals surface area contributed by atoms with Crippen molar-refractivity contribution in [2.75, 3.05) is 19.5 Å². The number of rotatable bonds is 5. The Labute approximate surface area is 99.3 Å². The number of aliphatic hydroxyl groups excluding tert-OH is 1. The molecule has 15 heavy (non-hydrogen) atoms. The van der Waals surface area contributed by atoms with Gasteiger partial charge in [0.25, 0.3) is 0 Å². The summed E-state index contributed by atoms with van der Waals surface area (Å²) < 4.78 is 4.76. The van der Waals surface area contributed by atoms with Crippen LogP contribution in [0.25, 0.3) is 0 Å². The maximum atomic E-state index is 11.1. The molecule has 1 aliphatic rings. The van der Waals surface area contributed by atoms with Crippen molar-refractivity contribution in [2.45, 2.75) is 35.5 Å². The number of carbonyl (C=O) groups is 1. The first-order valence-electron chi connectivity index (χ1n) is 5.15. The van der Waals surface area contributed by atoms with Crippen LogP contribution in [0.15, 0.2) is 0 Å². The van der Waals surface area contributed by atoms with E-state index in [9.17, 15) is 4.79 Å². The summed E-state index contributed by atoms with van der Waals surface area (Å²) in [6.45, 7) is 2.37. The molecule has 1 N–H and O–H groups in total. The van der Waals surface area contributed by atoms with Crippen LogP contribution in [0.3, 0.4) is 0 Å². The van der Waals surface area contributed by atoms with Crippen molar-refractivity contribution < 1.29 is 14.6 Å². The molecule has 0 aromatic carbocycles. The van der Waals surface area contributed by atoms with Gasteiger partial charge in [-0.15, -0.1) is 23.5 Å². The third-order valence-corrected chi connectivity index (χ3v) is 6.61. The molecule has 2 atom stereocenters. The zero-order chi connectivity index (χ0) is 11.3. The molecule has 1 fully saturated rings. The van der Waals surface area contributed by atoms with Gasteiger partial charge in [-0.05, 0) is 12.8 Å². The number of thioether (sulfide) groups is 2. The zero-order valence-corrected chi connectivity index (χ0v) is 10.8. The summed E-state index contributed by atoms with van der Waals surface area (Å²) in [4.78, 5) is 11.1. The molecule has 0 aliphatic carbocycles. The van der Waals surface area contributed by atoms with E-state index in [0.717, 1.165) is 18.6 Å². The monoisotopic (exact) mass is 250 g/mol. The van der Waals surface area contributed by atoms with E-state index in [4.69, 9.17) is 5.11 Å². The quantitative estimate of drug-likeness (QED) is 0.755. The lowest BCUT2D eigenvalue weighted by atomic mass is 10.2. The van der Waals surface area contributed by atoms with E-state index in [1.807, 2.05) is 23.5 Å². The average Bonchev–Trinajstić information content (AvgIpc) is 2.70. The summed E-state index contributed by atoms with van der Waals surface area (Å²) in [5, 5.41) is 9.42. The first kappa shape index (κ1) is 13.2. The minimum absolute atomic E-state index is 0.113. The van der Waals surface area contributed by atoms with Crippen molar-refractivity contribution >= 4 is 29.5 Å². The first-order chi connectivity index (χ1) is 7.15. The third-order valence-electron chi connectivity index (χ3n) is 2.59. The Morgan fingerprint density at radius 2 is 2.40 bits per heavy atom. The maximum Gasteiger partial charge on any atom is 0.305 e. The summed E-state index contributed by atoms with van der Waals surface area (Å²) in [6, 6.07) is 0. The number of carbonyl (C=O) groups excluding carboxylic acids is 1. The molecule has 0 amide bonds. The van der Waals surface area contributed by atoms with E-state index in [-0.39, 0.29) is 16.7 Å². The van der Waals surface area contributed by atoms with Gasteiger partial charge in [-0.1, -0.05) is 6.92 Å². The normalized spacial score (nSPS) is 30.5. The van der Waals surface area contributed by atoms with Crippen molar-refractivity contribution in [3.63, 3.8) is 0 Å². The number of methoxy groups -OCH3 is 1. The number of esters is 1. The second-order valence-corrected chi connectivity index (χ2v) is 6.92. The minimum Gasteiger partial charge on any atom is -0.469 e. The molecule has 0 aromatic rings. The van der Waals surface area contributed by atoms with Gasteiger partial charge in [0, 0.05) is 17.4 Å². The number of hydrogen-bond acceptors (Lipinski definition) is 5. The van der Waals surface area contributed by atoms with Gasteiger partial charge in [-0.25, -0.2) is 0 Å². The fourth-order valence-electron chi connectivity index (χ4n) is 1.59. The van der Waals surface area contributed by atoms with Gasteiger partial charge in [0.1, 0.15) is 0 Å². The molecule has 5 heteroatoms. The van der Waals surface area contributed by atoms with Crippen molar-refractivity contribution in [1.29, 1.82) is 0 Å². The van der Waals surface area contributed by atoms with Crippen molar-refractivity contribution in [3.8, 4) is 0 Å². The van der Waals surface area contributed by atoms with Gasteiger partial charge in [0.05, 0.1) is 17.8 Å². The topological polar surface area (TPSA) is 46.5 Å². The second-order valence-electron chi connectivity index (χ2n) is 3.57. The molecule has 2 unspecified atom stereocenters. The van der Waals surface area contributed by atoms with Gasteiger partial charge in [-0.3, -0.25) is 4.79 Å². The molecule has 1 rings (SSSR count). The molecule has 0 spiro atoms. The average molecular weight is 250 g/mol. The molecule has 1 heterocycles. The van der Waals surface area contributed by atoms with E-state index in [0.29, 0.717) is 11.7 Å². The molecule has 0 radical (unpaired) electrons. The van der Waals surface area contributed by atoms with Crippen molar-refractivity contribution in [1.82, 2.24) is 0 Å². The van der Waals surface area contributed by atoms with Crippen LogP contribution < -0.4 is 0 Å². The molecule has 0 bridgehead atoms. The summed E-state index contributed by atoms with van der Waals surface area (Å²) in [7, 11) is 1.42. The van der Waals surface area contributed by atoms with Crippen LogP contribution in [0, 0.1) is 0 Å². The molecule has 3 nitrogen and oxygen atoms in total. The van der Waals surface area contributed by atoms with E-state index in [1.165, 1.54) is 7.11 Å². The summed E-state index contributed by atoms with van der Waals surface area (Å²) >= 11 is 3.69. The highest BCUT2D eigenvalue weighted by atomic mass is 32.2. The predicted octanol–water partition coefficient (Wildman–Crippen LogP) is 1.89. The highest BCUT2D eigenvalue weighted by molar-refractivity contribution is 8.21. The SMILES string of the molecule is CCC1(CCC(=O)OC)SCC(CO)S1. The van der Waals surface area contributed by atoms with Crippen LogP contribution >= 0.6 is 23.5 Å². The summed E-state index contributed by atoms with van der Waals surface area (Å²) in [5.41, 5.74) is 0. The maximum absolute atomic E-state index is 11.1. The van der Waals surface area contributed by atoms with Crippen LogP contribution in [-0.2, 0) is 9.53 Å². The first-order valence-corrected chi connectivity index (χ1v) is 7.01.